The standard InChI is InChI=1S/C21H17N3O3.C21H19N3O/c1-2-23-19-10-8-15(22-21(25)14-6-4-3-5-7-14)12-17(19)18-13-16(24(26)27)9-11-20(18)23;1-2-24-19-10-8-15(22)12-17(19)18-13-16(9-11-20(18)24)23-21(25)14-6-4-3-5-7-14/h3-13H,2H2,1H3,(H,22,25);3-13H,2,22H2,1H3,(H,23,25). The van der Waals surface area contributed by atoms with Gasteiger partial charge in [0.05, 0.1) is 4.92 Å². The number of benzene rings is 6. The Balaban J connectivity index is 0.000000162. The van der Waals surface area contributed by atoms with E-state index >= 15 is 0 Å². The minimum Gasteiger partial charge on any atom is -0.399 e. The van der Waals surface area contributed by atoms with E-state index in [2.05, 4.69) is 38.8 Å². The Bertz CT molecular complexity index is 2630. The van der Waals surface area contributed by atoms with Crippen LogP contribution in [0.3, 0.4) is 0 Å². The first kappa shape index (κ1) is 33.6. The van der Waals surface area contributed by atoms with E-state index in [1.807, 2.05) is 85.8 Å². The van der Waals surface area contributed by atoms with Gasteiger partial charge in [0, 0.05) is 97.0 Å². The van der Waals surface area contributed by atoms with Gasteiger partial charge >= 0.3 is 0 Å². The maximum absolute atomic E-state index is 12.4. The number of rotatable bonds is 7. The summed E-state index contributed by atoms with van der Waals surface area (Å²) in [5.74, 6) is -0.307. The number of aromatic nitrogens is 2. The summed E-state index contributed by atoms with van der Waals surface area (Å²) < 4.78 is 4.37. The summed E-state index contributed by atoms with van der Waals surface area (Å²) in [6.07, 6.45) is 0. The average molecular weight is 689 g/mol. The molecule has 10 heteroatoms. The van der Waals surface area contributed by atoms with Crippen molar-refractivity contribution in [1.82, 2.24) is 9.13 Å². The molecule has 6 aromatic carbocycles. The Morgan fingerprint density at radius 3 is 1.42 bits per heavy atom. The van der Waals surface area contributed by atoms with Gasteiger partial charge in [-0.2, -0.15) is 0 Å². The minimum atomic E-state index is -0.393. The molecule has 2 amide bonds. The van der Waals surface area contributed by atoms with Gasteiger partial charge < -0.3 is 25.5 Å². The van der Waals surface area contributed by atoms with Crippen molar-refractivity contribution in [3.05, 3.63) is 155 Å². The van der Waals surface area contributed by atoms with Crippen LogP contribution in [0.15, 0.2) is 133 Å². The number of nitrogens with one attached hydrogen (secondary N) is 2. The molecule has 0 radical (unpaired) electrons. The maximum Gasteiger partial charge on any atom is 0.270 e. The van der Waals surface area contributed by atoms with Crippen molar-refractivity contribution < 1.29 is 14.5 Å². The molecule has 52 heavy (non-hydrogen) atoms. The highest BCUT2D eigenvalue weighted by molar-refractivity contribution is 6.13. The van der Waals surface area contributed by atoms with Crippen LogP contribution >= 0.6 is 0 Å². The molecule has 0 aliphatic heterocycles. The Labute approximate surface area is 299 Å². The number of nitrogens with two attached hydrogens (primary N) is 1. The van der Waals surface area contributed by atoms with Gasteiger partial charge in [-0.3, -0.25) is 19.7 Å². The van der Waals surface area contributed by atoms with E-state index in [9.17, 15) is 19.7 Å². The number of amides is 2. The van der Waals surface area contributed by atoms with E-state index in [0.29, 0.717) is 16.8 Å². The predicted molar refractivity (Wildman–Crippen MR) is 210 cm³/mol. The van der Waals surface area contributed by atoms with Crippen LogP contribution in [0.4, 0.5) is 22.7 Å². The van der Waals surface area contributed by atoms with Crippen molar-refractivity contribution in [1.29, 1.82) is 0 Å². The normalized spacial score (nSPS) is 11.0. The summed E-state index contributed by atoms with van der Waals surface area (Å²) in [4.78, 5) is 35.6. The number of hydrogen-bond acceptors (Lipinski definition) is 5. The van der Waals surface area contributed by atoms with Crippen LogP contribution in [0.5, 0.6) is 0 Å². The largest absolute Gasteiger partial charge is 0.399 e. The molecule has 0 bridgehead atoms. The second-order valence-electron chi connectivity index (χ2n) is 12.3. The maximum atomic E-state index is 12.4. The zero-order chi connectivity index (χ0) is 36.4. The lowest BCUT2D eigenvalue weighted by Crippen LogP contribution is -2.11. The number of hydrogen-bond donors (Lipinski definition) is 3. The number of nitro benzene ring substituents is 1. The highest BCUT2D eigenvalue weighted by Gasteiger charge is 2.16. The summed E-state index contributed by atoms with van der Waals surface area (Å²) >= 11 is 0. The molecule has 0 saturated heterocycles. The monoisotopic (exact) mass is 688 g/mol. The number of carbonyl (C=O) groups is 2. The quantitative estimate of drug-likeness (QED) is 0.0870. The number of fused-ring (bicyclic) bond motifs is 6. The van der Waals surface area contributed by atoms with Gasteiger partial charge in [0.15, 0.2) is 0 Å². The van der Waals surface area contributed by atoms with Crippen molar-refractivity contribution >= 4 is 78.2 Å². The molecule has 258 valence electrons. The van der Waals surface area contributed by atoms with E-state index in [0.717, 1.165) is 68.1 Å². The van der Waals surface area contributed by atoms with Crippen molar-refractivity contribution in [3.63, 3.8) is 0 Å². The number of carbonyl (C=O) groups excluding carboxylic acids is 2. The van der Waals surface area contributed by atoms with Crippen LogP contribution in [0.25, 0.3) is 43.6 Å². The first-order valence-electron chi connectivity index (χ1n) is 17.0. The highest BCUT2D eigenvalue weighted by atomic mass is 16.6. The molecule has 4 N–H and O–H groups in total. The molecule has 0 saturated carbocycles. The number of aryl methyl sites for hydroxylation is 2. The van der Waals surface area contributed by atoms with Crippen LogP contribution in [0.1, 0.15) is 34.6 Å². The van der Waals surface area contributed by atoms with Gasteiger partial charge in [0.2, 0.25) is 0 Å². The highest BCUT2D eigenvalue weighted by Crippen LogP contribution is 2.34. The van der Waals surface area contributed by atoms with Crippen LogP contribution in [-0.4, -0.2) is 25.9 Å². The Kier molecular flexibility index (Phi) is 9.11. The summed E-state index contributed by atoms with van der Waals surface area (Å²) in [6, 6.07) is 40.7. The zero-order valence-corrected chi connectivity index (χ0v) is 28.7. The van der Waals surface area contributed by atoms with E-state index < -0.39 is 4.92 Å². The lowest BCUT2D eigenvalue weighted by atomic mass is 10.1. The fraction of sp³-hybridized carbons (Fsp3) is 0.0952. The smallest absolute Gasteiger partial charge is 0.270 e. The van der Waals surface area contributed by atoms with E-state index in [4.69, 9.17) is 5.73 Å². The topological polar surface area (TPSA) is 137 Å². The van der Waals surface area contributed by atoms with Crippen molar-refractivity contribution in [3.8, 4) is 0 Å². The van der Waals surface area contributed by atoms with Crippen LogP contribution in [-0.2, 0) is 13.1 Å². The molecule has 0 spiro atoms. The Morgan fingerprint density at radius 2 is 0.981 bits per heavy atom. The molecule has 0 aliphatic rings. The second kappa shape index (κ2) is 14.1. The molecule has 2 heterocycles. The molecular formula is C42H36N6O4. The molecule has 0 aliphatic carbocycles. The van der Waals surface area contributed by atoms with Crippen LogP contribution in [0, 0.1) is 10.1 Å². The average Bonchev–Trinajstić information content (AvgIpc) is 3.66. The Hall–Kier alpha value is -6.94. The lowest BCUT2D eigenvalue weighted by molar-refractivity contribution is -0.384. The molecule has 8 aromatic rings. The van der Waals surface area contributed by atoms with Crippen molar-refractivity contribution in [2.24, 2.45) is 0 Å². The van der Waals surface area contributed by atoms with Crippen molar-refractivity contribution in [2.75, 3.05) is 16.4 Å². The van der Waals surface area contributed by atoms with Gasteiger partial charge in [-0.1, -0.05) is 36.4 Å². The third-order valence-electron chi connectivity index (χ3n) is 9.17. The third-order valence-corrected chi connectivity index (χ3v) is 9.17. The predicted octanol–water partition coefficient (Wildman–Crippen LogP) is 9.62. The van der Waals surface area contributed by atoms with Gasteiger partial charge in [-0.05, 0) is 98.8 Å². The first-order valence-corrected chi connectivity index (χ1v) is 17.0. The minimum absolute atomic E-state index is 0.0522. The molecule has 0 fully saturated rings. The summed E-state index contributed by atoms with van der Waals surface area (Å²) in [5.41, 5.74) is 13.6. The molecular weight excluding hydrogens is 653 g/mol. The summed E-state index contributed by atoms with van der Waals surface area (Å²) in [7, 11) is 0. The number of anilines is 3. The van der Waals surface area contributed by atoms with Gasteiger partial charge in [-0.15, -0.1) is 0 Å². The molecule has 0 atom stereocenters. The van der Waals surface area contributed by atoms with Gasteiger partial charge in [-0.25, -0.2) is 0 Å². The fourth-order valence-corrected chi connectivity index (χ4v) is 6.75. The molecule has 8 rings (SSSR count). The van der Waals surface area contributed by atoms with Crippen molar-refractivity contribution in [2.45, 2.75) is 26.9 Å². The number of nitro groups is 1. The molecule has 2 aromatic heterocycles. The number of nitrogen functional groups attached to an aromatic ring is 1. The fourth-order valence-electron chi connectivity index (χ4n) is 6.75. The summed E-state index contributed by atoms with van der Waals surface area (Å²) in [6.45, 7) is 5.78. The van der Waals surface area contributed by atoms with E-state index in [1.165, 1.54) is 6.07 Å². The van der Waals surface area contributed by atoms with E-state index in [1.54, 1.807) is 36.4 Å². The van der Waals surface area contributed by atoms with Crippen LogP contribution < -0.4 is 16.4 Å². The Morgan fingerprint density at radius 1 is 0.577 bits per heavy atom. The summed E-state index contributed by atoms with van der Waals surface area (Å²) in [5, 5.41) is 20.9. The molecule has 10 nitrogen and oxygen atoms in total. The molecule has 0 unspecified atom stereocenters. The SMILES string of the molecule is CCn1c2ccc(N)cc2c2cc(NC(=O)c3ccccc3)ccc21.CCn1c2ccc(NC(=O)c3ccccc3)cc2c2cc([N+](=O)[O-])ccc21. The first-order chi connectivity index (χ1) is 25.2. The third kappa shape index (κ3) is 6.40. The van der Waals surface area contributed by atoms with Crippen LogP contribution in [0.2, 0.25) is 0 Å². The number of non-ortho nitro benzene ring substituents is 1. The lowest BCUT2D eigenvalue weighted by Gasteiger charge is -2.06. The second-order valence-corrected chi connectivity index (χ2v) is 12.3. The van der Waals surface area contributed by atoms with Gasteiger partial charge in [0.25, 0.3) is 17.5 Å². The van der Waals surface area contributed by atoms with E-state index in [-0.39, 0.29) is 17.5 Å². The number of nitrogens with zero attached hydrogens (tertiary/aromatic N) is 3. The van der Waals surface area contributed by atoms with Gasteiger partial charge in [0.1, 0.15) is 0 Å². The zero-order valence-electron chi connectivity index (χ0n) is 28.7.